The van der Waals surface area contributed by atoms with Crippen LogP contribution in [0.3, 0.4) is 0 Å². The predicted molar refractivity (Wildman–Crippen MR) is 71.2 cm³/mol. The third kappa shape index (κ3) is 3.84. The Hall–Kier alpha value is -2.82. The van der Waals surface area contributed by atoms with Gasteiger partial charge in [-0.05, 0) is 36.4 Å². The van der Waals surface area contributed by atoms with Crippen LogP contribution >= 0.6 is 0 Å². The van der Waals surface area contributed by atoms with Crippen LogP contribution in [0.1, 0.15) is 17.3 Å². The van der Waals surface area contributed by atoms with Crippen molar-refractivity contribution in [2.45, 2.75) is 6.92 Å². The van der Waals surface area contributed by atoms with E-state index in [-0.39, 0.29) is 5.56 Å². The number of carboxylic acid groups (broad SMARTS) is 1. The highest BCUT2D eigenvalue weighted by Crippen LogP contribution is 2.43. The summed E-state index contributed by atoms with van der Waals surface area (Å²) in [5, 5.41) is 8.55. The van der Waals surface area contributed by atoms with Gasteiger partial charge < -0.3 is 14.6 Å². The Morgan fingerprint density at radius 2 is 1.55 bits per heavy atom. The summed E-state index contributed by atoms with van der Waals surface area (Å²) < 4.78 is 9.65. The van der Waals surface area contributed by atoms with Crippen molar-refractivity contribution in [2.75, 3.05) is 0 Å². The summed E-state index contributed by atoms with van der Waals surface area (Å²) in [7, 11) is 0. The summed E-state index contributed by atoms with van der Waals surface area (Å²) in [5.41, 5.74) is 0.163. The zero-order chi connectivity index (χ0) is 14.5. The van der Waals surface area contributed by atoms with Crippen molar-refractivity contribution in [3.8, 4) is 17.2 Å². The van der Waals surface area contributed by atoms with Crippen molar-refractivity contribution in [1.82, 2.24) is 0 Å². The van der Waals surface area contributed by atoms with Crippen molar-refractivity contribution in [1.29, 1.82) is 0 Å². The van der Waals surface area contributed by atoms with Gasteiger partial charge in [-0.2, -0.15) is 0 Å². The molecule has 0 saturated heterocycles. The lowest BCUT2D eigenvalue weighted by Gasteiger charge is -2.00. The summed E-state index contributed by atoms with van der Waals surface area (Å²) in [4.78, 5) is 20.9. The SMILES string of the molecule is CC(=O)Oc1ccc(C(=O)O)cc1.c1ccc2c(c1)O2. The first-order valence-electron chi connectivity index (χ1n) is 5.85. The smallest absolute Gasteiger partial charge is 0.335 e. The van der Waals surface area contributed by atoms with Gasteiger partial charge in [0.05, 0.1) is 5.56 Å². The number of carbonyl (C=O) groups excluding carboxylic acids is 1. The highest BCUT2D eigenvalue weighted by Gasteiger charge is 2.15. The molecular weight excluding hydrogens is 260 g/mol. The molecule has 1 N–H and O–H groups in total. The number of hydrogen-bond acceptors (Lipinski definition) is 4. The quantitative estimate of drug-likeness (QED) is 0.440. The molecule has 2 aromatic carbocycles. The number of aromatic carboxylic acids is 1. The van der Waals surface area contributed by atoms with Gasteiger partial charge >= 0.3 is 11.9 Å². The van der Waals surface area contributed by atoms with E-state index >= 15 is 0 Å². The molecule has 0 aliphatic carbocycles. The van der Waals surface area contributed by atoms with Gasteiger partial charge in [-0.25, -0.2) is 4.79 Å². The molecule has 0 amide bonds. The topological polar surface area (TPSA) is 76.1 Å². The molecule has 0 bridgehead atoms. The maximum Gasteiger partial charge on any atom is 0.335 e. The Morgan fingerprint density at radius 3 is 1.95 bits per heavy atom. The van der Waals surface area contributed by atoms with Crippen LogP contribution in [0.25, 0.3) is 0 Å². The standard InChI is InChI=1S/C9H8O4.C6H4O/c1-6(10)13-8-4-2-7(3-5-8)9(11)12;1-2-4-6-5(3-1)7-6/h2-5H,1H3,(H,11,12);1-4H. The van der Waals surface area contributed by atoms with Crippen LogP contribution in [-0.4, -0.2) is 17.0 Å². The minimum absolute atomic E-state index is 0.163. The molecule has 2 aromatic rings. The molecule has 0 unspecified atom stereocenters. The van der Waals surface area contributed by atoms with Crippen molar-refractivity contribution >= 4 is 11.9 Å². The second-order valence-electron chi connectivity index (χ2n) is 3.97. The molecule has 102 valence electrons. The molecule has 0 aromatic heterocycles. The average Bonchev–Trinajstić information content (AvgIpc) is 3.18. The number of ether oxygens (including phenoxy) is 2. The Kier molecular flexibility index (Phi) is 4.00. The lowest BCUT2D eigenvalue weighted by Crippen LogP contribution is -2.02. The molecule has 0 atom stereocenters. The Labute approximate surface area is 115 Å². The second-order valence-corrected chi connectivity index (χ2v) is 3.97. The van der Waals surface area contributed by atoms with E-state index < -0.39 is 11.9 Å². The van der Waals surface area contributed by atoms with Crippen LogP contribution in [0.2, 0.25) is 0 Å². The monoisotopic (exact) mass is 272 g/mol. The largest absolute Gasteiger partial charge is 0.478 e. The van der Waals surface area contributed by atoms with Crippen LogP contribution in [-0.2, 0) is 4.79 Å². The molecule has 0 saturated carbocycles. The van der Waals surface area contributed by atoms with E-state index in [2.05, 4.69) is 0 Å². The zero-order valence-corrected chi connectivity index (χ0v) is 10.7. The first kappa shape index (κ1) is 13.6. The molecule has 1 aliphatic rings. The fraction of sp³-hybridized carbons (Fsp3) is 0.0667. The predicted octanol–water partition coefficient (Wildman–Crippen LogP) is 3.10. The van der Waals surface area contributed by atoms with Crippen LogP contribution in [0.15, 0.2) is 48.5 Å². The third-order valence-corrected chi connectivity index (χ3v) is 2.39. The van der Waals surface area contributed by atoms with E-state index in [0.717, 1.165) is 11.5 Å². The van der Waals surface area contributed by atoms with E-state index in [0.29, 0.717) is 5.75 Å². The minimum atomic E-state index is -1.01. The number of benzene rings is 2. The van der Waals surface area contributed by atoms with Crippen molar-refractivity contribution in [3.63, 3.8) is 0 Å². The van der Waals surface area contributed by atoms with Gasteiger partial charge in [0.25, 0.3) is 0 Å². The zero-order valence-electron chi connectivity index (χ0n) is 10.7. The molecule has 1 aliphatic heterocycles. The second kappa shape index (κ2) is 5.88. The van der Waals surface area contributed by atoms with E-state index in [1.165, 1.54) is 31.2 Å². The summed E-state index contributed by atoms with van der Waals surface area (Å²) >= 11 is 0. The number of carboxylic acids is 1. The van der Waals surface area contributed by atoms with Gasteiger partial charge in [0.2, 0.25) is 0 Å². The fourth-order valence-electron chi connectivity index (χ4n) is 1.44. The normalized spacial score (nSPS) is 10.2. The summed E-state index contributed by atoms with van der Waals surface area (Å²) in [6, 6.07) is 13.5. The Balaban J connectivity index is 0.000000173. The lowest BCUT2D eigenvalue weighted by molar-refractivity contribution is -0.131. The third-order valence-electron chi connectivity index (χ3n) is 2.39. The van der Waals surface area contributed by atoms with Crippen LogP contribution in [0.5, 0.6) is 17.2 Å². The molecule has 0 spiro atoms. The van der Waals surface area contributed by atoms with Gasteiger partial charge in [-0.15, -0.1) is 0 Å². The van der Waals surface area contributed by atoms with Crippen molar-refractivity contribution in [3.05, 3.63) is 54.1 Å². The number of para-hydroxylation sites is 2. The summed E-state index contributed by atoms with van der Waals surface area (Å²) in [6.45, 7) is 1.28. The minimum Gasteiger partial charge on any atom is -0.478 e. The van der Waals surface area contributed by atoms with E-state index in [9.17, 15) is 9.59 Å². The number of carbonyl (C=O) groups is 2. The first-order chi connectivity index (χ1) is 9.56. The fourth-order valence-corrected chi connectivity index (χ4v) is 1.44. The van der Waals surface area contributed by atoms with E-state index in [1.54, 1.807) is 0 Å². The maximum absolute atomic E-state index is 10.5. The summed E-state index contributed by atoms with van der Waals surface area (Å²) in [5.74, 6) is 0.972. The molecular formula is C15H12O5. The Bertz CT molecular complexity index is 610. The first-order valence-corrected chi connectivity index (χ1v) is 5.85. The molecule has 1 heterocycles. The number of esters is 1. The van der Waals surface area contributed by atoms with Crippen LogP contribution in [0, 0.1) is 0 Å². The molecule has 5 heteroatoms. The molecule has 5 nitrogen and oxygen atoms in total. The van der Waals surface area contributed by atoms with Gasteiger partial charge in [-0.1, -0.05) is 12.1 Å². The van der Waals surface area contributed by atoms with Gasteiger partial charge in [0, 0.05) is 6.92 Å². The highest BCUT2D eigenvalue weighted by molar-refractivity contribution is 5.87. The number of hydrogen-bond donors (Lipinski definition) is 1. The van der Waals surface area contributed by atoms with E-state index in [4.69, 9.17) is 14.6 Å². The molecule has 20 heavy (non-hydrogen) atoms. The van der Waals surface area contributed by atoms with Gasteiger partial charge in [-0.3, -0.25) is 4.79 Å². The number of rotatable bonds is 2. The van der Waals surface area contributed by atoms with Crippen molar-refractivity contribution < 1.29 is 24.2 Å². The van der Waals surface area contributed by atoms with Crippen LogP contribution in [0.4, 0.5) is 0 Å². The highest BCUT2D eigenvalue weighted by atomic mass is 16.6. The Morgan fingerprint density at radius 1 is 1.00 bits per heavy atom. The molecule has 0 fully saturated rings. The van der Waals surface area contributed by atoms with E-state index in [1.807, 2.05) is 24.3 Å². The average molecular weight is 272 g/mol. The molecule has 3 rings (SSSR count). The van der Waals surface area contributed by atoms with Gasteiger partial charge in [0.1, 0.15) is 5.75 Å². The molecule has 0 radical (unpaired) electrons. The maximum atomic E-state index is 10.5. The summed E-state index contributed by atoms with van der Waals surface area (Å²) in [6.07, 6.45) is 0. The number of fused-ring (bicyclic) bond motifs is 1. The van der Waals surface area contributed by atoms with Crippen molar-refractivity contribution in [2.24, 2.45) is 0 Å². The van der Waals surface area contributed by atoms with Gasteiger partial charge in [0.15, 0.2) is 11.5 Å². The van der Waals surface area contributed by atoms with Crippen LogP contribution < -0.4 is 9.47 Å². The lowest BCUT2D eigenvalue weighted by atomic mass is 10.2.